The number of carboxylic acid groups (broad SMARTS) is 2. The van der Waals surface area contributed by atoms with Crippen LogP contribution in [0.5, 0.6) is 5.75 Å². The monoisotopic (exact) mass is 564 g/mol. The number of ether oxygens (including phenoxy) is 1. The highest BCUT2D eigenvalue weighted by atomic mass is 16.5. The van der Waals surface area contributed by atoms with E-state index in [0.29, 0.717) is 18.9 Å². The van der Waals surface area contributed by atoms with E-state index in [-0.39, 0.29) is 12.0 Å². The van der Waals surface area contributed by atoms with Crippen LogP contribution >= 0.6 is 0 Å². The first-order valence-corrected chi connectivity index (χ1v) is 14.8. The molecule has 1 unspecified atom stereocenters. The second-order valence-corrected chi connectivity index (χ2v) is 10.9. The molecule has 4 aromatic rings. The minimum Gasteiger partial charge on any atom is -0.489 e. The summed E-state index contributed by atoms with van der Waals surface area (Å²) in [5.41, 5.74) is 7.37. The second-order valence-electron chi connectivity index (χ2n) is 10.9. The van der Waals surface area contributed by atoms with Gasteiger partial charge in [-0.2, -0.15) is 0 Å². The number of carbonyl (C=O) groups is 2. The lowest BCUT2D eigenvalue weighted by molar-refractivity contribution is -0.137. The predicted molar refractivity (Wildman–Crippen MR) is 167 cm³/mol. The Kier molecular flexibility index (Phi) is 11.3. The van der Waals surface area contributed by atoms with Crippen molar-refractivity contribution in [2.24, 2.45) is 5.92 Å². The highest BCUT2D eigenvalue weighted by Crippen LogP contribution is 2.27. The molecule has 0 aromatic heterocycles. The van der Waals surface area contributed by atoms with Crippen LogP contribution in [0.1, 0.15) is 71.6 Å². The second kappa shape index (κ2) is 15.6. The van der Waals surface area contributed by atoms with Gasteiger partial charge >= 0.3 is 11.9 Å². The standard InChI is InChI=1S/C37H40O5/c1-2-27-11-18-31(19-12-27)32-20-16-30(17-21-32)26-42-35-9-5-4-8-33(35)22-13-28(7-3-6-10-36(38)39)25-29-14-23-34(24-15-29)37(40)41/h4-5,8-9,11-12,14-21,23-24,28H,2-3,6-7,10,13,22,25-26H2,1H3,(H,38,39)(H,40,41). The van der Waals surface area contributed by atoms with E-state index in [4.69, 9.17) is 9.84 Å². The van der Waals surface area contributed by atoms with Crippen molar-refractivity contribution < 1.29 is 24.5 Å². The van der Waals surface area contributed by atoms with Gasteiger partial charge in [0.2, 0.25) is 0 Å². The first kappa shape index (κ1) is 30.6. The highest BCUT2D eigenvalue weighted by Gasteiger charge is 2.14. The fourth-order valence-corrected chi connectivity index (χ4v) is 5.27. The van der Waals surface area contributed by atoms with Gasteiger partial charge in [0.25, 0.3) is 0 Å². The van der Waals surface area contributed by atoms with Crippen LogP contribution in [0.15, 0.2) is 97.1 Å². The summed E-state index contributed by atoms with van der Waals surface area (Å²) in [5, 5.41) is 18.2. The van der Waals surface area contributed by atoms with E-state index in [9.17, 15) is 14.7 Å². The summed E-state index contributed by atoms with van der Waals surface area (Å²) in [5.74, 6) is -0.461. The molecule has 5 heteroatoms. The third kappa shape index (κ3) is 9.34. The van der Waals surface area contributed by atoms with E-state index in [1.54, 1.807) is 12.1 Å². The lowest BCUT2D eigenvalue weighted by atomic mass is 9.88. The molecule has 0 heterocycles. The zero-order valence-electron chi connectivity index (χ0n) is 24.3. The van der Waals surface area contributed by atoms with Crippen LogP contribution in [0.3, 0.4) is 0 Å². The zero-order chi connectivity index (χ0) is 29.7. The molecule has 0 fully saturated rings. The summed E-state index contributed by atoms with van der Waals surface area (Å²) >= 11 is 0. The third-order valence-electron chi connectivity index (χ3n) is 7.82. The molecule has 0 spiro atoms. The van der Waals surface area contributed by atoms with Crippen molar-refractivity contribution in [1.29, 1.82) is 0 Å². The van der Waals surface area contributed by atoms with E-state index in [2.05, 4.69) is 61.5 Å². The van der Waals surface area contributed by atoms with Crippen LogP contribution in [0.4, 0.5) is 0 Å². The molecular formula is C37H40O5. The van der Waals surface area contributed by atoms with Crippen molar-refractivity contribution in [3.05, 3.63) is 125 Å². The Bertz CT molecular complexity index is 1420. The third-order valence-corrected chi connectivity index (χ3v) is 7.82. The van der Waals surface area contributed by atoms with Crippen molar-refractivity contribution in [3.8, 4) is 16.9 Å². The van der Waals surface area contributed by atoms with E-state index in [0.717, 1.165) is 61.0 Å². The topological polar surface area (TPSA) is 83.8 Å². The van der Waals surface area contributed by atoms with Crippen LogP contribution in [0, 0.1) is 5.92 Å². The van der Waals surface area contributed by atoms with E-state index >= 15 is 0 Å². The Morgan fingerprint density at radius 3 is 1.95 bits per heavy atom. The molecule has 4 rings (SSSR count). The Balaban J connectivity index is 1.37. The molecule has 0 amide bonds. The van der Waals surface area contributed by atoms with E-state index < -0.39 is 11.9 Å². The summed E-state index contributed by atoms with van der Waals surface area (Å²) in [7, 11) is 0. The summed E-state index contributed by atoms with van der Waals surface area (Å²) < 4.78 is 6.29. The van der Waals surface area contributed by atoms with Gasteiger partial charge in [-0.1, -0.05) is 98.6 Å². The normalized spacial score (nSPS) is 11.6. The van der Waals surface area contributed by atoms with Gasteiger partial charge in [-0.3, -0.25) is 4.79 Å². The van der Waals surface area contributed by atoms with Crippen LogP contribution in [-0.4, -0.2) is 22.2 Å². The molecule has 0 bridgehead atoms. The lowest BCUT2D eigenvalue weighted by Crippen LogP contribution is -2.08. The zero-order valence-corrected chi connectivity index (χ0v) is 24.3. The number of para-hydroxylation sites is 1. The van der Waals surface area contributed by atoms with Gasteiger partial charge in [0, 0.05) is 6.42 Å². The molecule has 0 saturated carbocycles. The van der Waals surface area contributed by atoms with Crippen LogP contribution < -0.4 is 4.74 Å². The molecule has 4 aromatic carbocycles. The minimum absolute atomic E-state index is 0.183. The van der Waals surface area contributed by atoms with E-state index in [1.165, 1.54) is 16.7 Å². The molecular weight excluding hydrogens is 524 g/mol. The van der Waals surface area contributed by atoms with Gasteiger partial charge < -0.3 is 14.9 Å². The molecule has 42 heavy (non-hydrogen) atoms. The average Bonchev–Trinajstić information content (AvgIpc) is 3.01. The molecule has 0 saturated heterocycles. The molecule has 218 valence electrons. The predicted octanol–water partition coefficient (Wildman–Crippen LogP) is 8.63. The molecule has 2 N–H and O–H groups in total. The van der Waals surface area contributed by atoms with Gasteiger partial charge in [-0.15, -0.1) is 0 Å². The largest absolute Gasteiger partial charge is 0.489 e. The van der Waals surface area contributed by atoms with Crippen LogP contribution in [-0.2, 0) is 30.7 Å². The van der Waals surface area contributed by atoms with Gasteiger partial charge in [-0.05, 0) is 89.6 Å². The first-order chi connectivity index (χ1) is 20.4. The quantitative estimate of drug-likeness (QED) is 0.133. The van der Waals surface area contributed by atoms with Crippen molar-refractivity contribution in [2.75, 3.05) is 0 Å². The van der Waals surface area contributed by atoms with Gasteiger partial charge in [0.1, 0.15) is 12.4 Å². The van der Waals surface area contributed by atoms with Gasteiger partial charge in [-0.25, -0.2) is 4.79 Å². The highest BCUT2D eigenvalue weighted by molar-refractivity contribution is 5.87. The molecule has 5 nitrogen and oxygen atoms in total. The number of carboxylic acids is 2. The van der Waals surface area contributed by atoms with Crippen LogP contribution in [0.2, 0.25) is 0 Å². The van der Waals surface area contributed by atoms with Crippen LogP contribution in [0.25, 0.3) is 11.1 Å². The fraction of sp³-hybridized carbons (Fsp3) is 0.297. The molecule has 0 aliphatic heterocycles. The first-order valence-electron chi connectivity index (χ1n) is 14.8. The van der Waals surface area contributed by atoms with Crippen molar-refractivity contribution in [2.45, 2.75) is 64.9 Å². The SMILES string of the molecule is CCc1ccc(-c2ccc(COc3ccccc3CCC(CCCCC(=O)O)Cc3ccc(C(=O)O)cc3)cc2)cc1. The Labute approximate surface area is 248 Å². The van der Waals surface area contributed by atoms with E-state index in [1.807, 2.05) is 30.3 Å². The number of rotatable bonds is 16. The number of benzene rings is 4. The average molecular weight is 565 g/mol. The molecule has 0 radical (unpaired) electrons. The molecule has 0 aliphatic carbocycles. The smallest absolute Gasteiger partial charge is 0.335 e. The number of aliphatic carboxylic acids is 1. The number of aromatic carboxylic acids is 1. The Hall–Kier alpha value is -4.38. The van der Waals surface area contributed by atoms with Crippen molar-refractivity contribution >= 4 is 11.9 Å². The number of aryl methyl sites for hydroxylation is 2. The number of unbranched alkanes of at least 4 members (excludes halogenated alkanes) is 1. The van der Waals surface area contributed by atoms with Crippen molar-refractivity contribution in [1.82, 2.24) is 0 Å². The maximum atomic E-state index is 11.2. The lowest BCUT2D eigenvalue weighted by Gasteiger charge is -2.19. The summed E-state index contributed by atoms with van der Waals surface area (Å²) in [6, 6.07) is 32.5. The van der Waals surface area contributed by atoms with Gasteiger partial charge in [0.15, 0.2) is 0 Å². The Morgan fingerprint density at radius 1 is 0.714 bits per heavy atom. The number of hydrogen-bond donors (Lipinski definition) is 2. The molecule has 1 atom stereocenters. The maximum Gasteiger partial charge on any atom is 0.335 e. The van der Waals surface area contributed by atoms with Crippen molar-refractivity contribution in [3.63, 3.8) is 0 Å². The summed E-state index contributed by atoms with van der Waals surface area (Å²) in [4.78, 5) is 22.2. The minimum atomic E-state index is -0.930. The Morgan fingerprint density at radius 2 is 1.33 bits per heavy atom. The number of hydrogen-bond acceptors (Lipinski definition) is 3. The maximum absolute atomic E-state index is 11.2. The fourth-order valence-electron chi connectivity index (χ4n) is 5.27. The molecule has 0 aliphatic rings. The summed E-state index contributed by atoms with van der Waals surface area (Å²) in [6.45, 7) is 2.65. The van der Waals surface area contributed by atoms with Gasteiger partial charge in [0.05, 0.1) is 5.56 Å². The summed E-state index contributed by atoms with van der Waals surface area (Å²) in [6.07, 6.45) is 6.25.